The normalized spacial score (nSPS) is 27.2. The molecule has 0 radical (unpaired) electrons. The highest BCUT2D eigenvalue weighted by Crippen LogP contribution is 2.13. The van der Waals surface area contributed by atoms with Crippen LogP contribution in [-0.4, -0.2) is 31.4 Å². The first kappa shape index (κ1) is 18.3. The highest BCUT2D eigenvalue weighted by atomic mass is 16.9. The van der Waals surface area contributed by atoms with Crippen molar-refractivity contribution in [2.24, 2.45) is 0 Å². The Morgan fingerprint density at radius 3 is 1.24 bits per heavy atom. The summed E-state index contributed by atoms with van der Waals surface area (Å²) in [6, 6.07) is 0. The summed E-state index contributed by atoms with van der Waals surface area (Å²) in [6.45, 7) is 8.81. The van der Waals surface area contributed by atoms with Gasteiger partial charge in [-0.05, 0) is 40.7 Å². The Hall–Kier alpha value is -1.04. The van der Waals surface area contributed by atoms with Crippen molar-refractivity contribution in [2.75, 3.05) is 0 Å². The zero-order valence-corrected chi connectivity index (χ0v) is 11.1. The predicted octanol–water partition coefficient (Wildman–Crippen LogP) is 2.05. The monoisotopic (exact) mass is 246 g/mol. The molecule has 0 atom stereocenters. The van der Waals surface area contributed by atoms with Gasteiger partial charge >= 0.3 is 0 Å². The second kappa shape index (κ2) is 13.0. The van der Waals surface area contributed by atoms with Crippen LogP contribution in [0.25, 0.3) is 0 Å². The summed E-state index contributed by atoms with van der Waals surface area (Å²) >= 11 is 0. The molecule has 0 aromatic heterocycles. The second-order valence-electron chi connectivity index (χ2n) is 3.01. The maximum Gasteiger partial charge on any atom is 0.161 e. The van der Waals surface area contributed by atoms with E-state index in [4.69, 9.17) is 19.0 Å². The quantitative estimate of drug-likeness (QED) is 0.523. The summed E-state index contributed by atoms with van der Waals surface area (Å²) in [7, 11) is 0. The Bertz CT molecular complexity index is 190. The van der Waals surface area contributed by atoms with E-state index in [1.165, 1.54) is 13.0 Å². The van der Waals surface area contributed by atoms with Gasteiger partial charge in [0.25, 0.3) is 0 Å². The van der Waals surface area contributed by atoms with Crippen LogP contribution in [0, 0.1) is 0 Å². The Balaban J connectivity index is 0. The van der Waals surface area contributed by atoms with Gasteiger partial charge in [-0.25, -0.2) is 0 Å². The van der Waals surface area contributed by atoms with Gasteiger partial charge in [0.1, 0.15) is 12.6 Å². The molecular formula is C12H22O5. The van der Waals surface area contributed by atoms with Gasteiger partial charge in [0.05, 0.1) is 0 Å². The molecule has 0 aromatic rings. The van der Waals surface area contributed by atoms with E-state index in [1.807, 2.05) is 20.8 Å². The van der Waals surface area contributed by atoms with Gasteiger partial charge in [-0.15, -0.1) is 0 Å². The summed E-state index contributed by atoms with van der Waals surface area (Å²) in [6.07, 6.45) is 4.23. The number of aldehydes is 2. The fourth-order valence-corrected chi connectivity index (χ4v) is 0.984. The fourth-order valence-electron chi connectivity index (χ4n) is 0.984. The molecule has 0 unspecified atom stereocenters. The minimum atomic E-state index is -0.135. The third-order valence-electron chi connectivity index (χ3n) is 1.42. The number of rotatable bonds is 1. The van der Waals surface area contributed by atoms with Crippen molar-refractivity contribution in [3.8, 4) is 0 Å². The van der Waals surface area contributed by atoms with Crippen molar-refractivity contribution in [2.45, 2.75) is 53.5 Å². The average Bonchev–Trinajstić information content (AvgIpc) is 2.18. The topological polar surface area (TPSA) is 61.8 Å². The van der Waals surface area contributed by atoms with E-state index in [1.54, 1.807) is 13.0 Å². The number of carbonyl (C=O) groups excluding carboxylic acids is 2. The molecule has 0 aliphatic carbocycles. The van der Waals surface area contributed by atoms with Crippen LogP contribution in [0.5, 0.6) is 0 Å². The Morgan fingerprint density at radius 2 is 1.12 bits per heavy atom. The number of carbonyl (C=O) groups is 2. The van der Waals surface area contributed by atoms with Gasteiger partial charge < -0.3 is 19.0 Å². The molecule has 0 saturated carbocycles. The first-order valence-corrected chi connectivity index (χ1v) is 5.44. The molecule has 5 nitrogen and oxygen atoms in total. The molecule has 1 fully saturated rings. The lowest BCUT2D eigenvalue weighted by Gasteiger charge is -2.30. The van der Waals surface area contributed by atoms with Gasteiger partial charge in [-0.2, -0.15) is 0 Å². The van der Waals surface area contributed by atoms with Crippen LogP contribution in [0.3, 0.4) is 0 Å². The van der Waals surface area contributed by atoms with E-state index in [9.17, 15) is 4.79 Å². The second-order valence-corrected chi connectivity index (χ2v) is 3.01. The van der Waals surface area contributed by atoms with Crippen molar-refractivity contribution in [3.05, 3.63) is 12.2 Å². The molecule has 0 spiro atoms. The van der Waals surface area contributed by atoms with Gasteiger partial charge in [0.15, 0.2) is 18.9 Å². The van der Waals surface area contributed by atoms with Gasteiger partial charge in [0.2, 0.25) is 0 Å². The highest BCUT2D eigenvalue weighted by Gasteiger charge is 2.20. The molecule has 0 amide bonds. The van der Waals surface area contributed by atoms with Crippen LogP contribution >= 0.6 is 0 Å². The maximum absolute atomic E-state index is 9.32. The van der Waals surface area contributed by atoms with Crippen LogP contribution in [-0.2, 0) is 23.8 Å². The first-order valence-electron chi connectivity index (χ1n) is 5.44. The standard InChI is InChI=1S/C6H12O3.C4H6O.C2H4O/c1-4-7-5(2)9-6(3)8-4;1-2-3-4-5;1-2-3/h4-6H,1-3H3;2-4H,1H3;2H,1H3/b;3-2+;. The van der Waals surface area contributed by atoms with Gasteiger partial charge in [-0.3, -0.25) is 4.79 Å². The van der Waals surface area contributed by atoms with Crippen molar-refractivity contribution in [1.29, 1.82) is 0 Å². The molecule has 1 rings (SSSR count). The van der Waals surface area contributed by atoms with Crippen LogP contribution < -0.4 is 0 Å². The Morgan fingerprint density at radius 1 is 0.824 bits per heavy atom. The molecule has 5 heteroatoms. The SMILES string of the molecule is C/C=C/C=O.CC1OC(C)OC(C)O1.CC=O. The molecule has 0 N–H and O–H groups in total. The van der Waals surface area contributed by atoms with Crippen LogP contribution in [0.4, 0.5) is 0 Å². The summed E-state index contributed by atoms with van der Waals surface area (Å²) in [5.74, 6) is 0. The van der Waals surface area contributed by atoms with Crippen molar-refractivity contribution in [3.63, 3.8) is 0 Å². The molecule has 0 aromatic carbocycles. The molecule has 1 saturated heterocycles. The Kier molecular flexibility index (Phi) is 14.0. The van der Waals surface area contributed by atoms with Gasteiger partial charge in [0, 0.05) is 0 Å². The summed E-state index contributed by atoms with van der Waals surface area (Å²) in [5, 5.41) is 0. The van der Waals surface area contributed by atoms with E-state index in [0.29, 0.717) is 0 Å². The van der Waals surface area contributed by atoms with Crippen LogP contribution in [0.15, 0.2) is 12.2 Å². The number of hydrogen-bond donors (Lipinski definition) is 0. The average molecular weight is 246 g/mol. The van der Waals surface area contributed by atoms with E-state index < -0.39 is 0 Å². The molecule has 1 aliphatic rings. The molecule has 100 valence electrons. The summed E-state index contributed by atoms with van der Waals surface area (Å²) < 4.78 is 15.3. The zero-order chi connectivity index (χ0) is 13.7. The van der Waals surface area contributed by atoms with Crippen molar-refractivity contribution < 1.29 is 23.8 Å². The van der Waals surface area contributed by atoms with Gasteiger partial charge in [-0.1, -0.05) is 6.08 Å². The van der Waals surface area contributed by atoms with Crippen LogP contribution in [0.2, 0.25) is 0 Å². The molecular weight excluding hydrogens is 224 g/mol. The minimum absolute atomic E-state index is 0.135. The highest BCUT2D eigenvalue weighted by molar-refractivity contribution is 5.64. The lowest BCUT2D eigenvalue weighted by Crippen LogP contribution is -2.35. The Labute approximate surface area is 103 Å². The first-order chi connectivity index (χ1) is 8.01. The van der Waals surface area contributed by atoms with E-state index in [-0.39, 0.29) is 18.9 Å². The van der Waals surface area contributed by atoms with Crippen molar-refractivity contribution >= 4 is 12.6 Å². The smallest absolute Gasteiger partial charge is 0.161 e. The third kappa shape index (κ3) is 15.0. The molecule has 1 aliphatic heterocycles. The molecule has 17 heavy (non-hydrogen) atoms. The van der Waals surface area contributed by atoms with E-state index >= 15 is 0 Å². The number of ether oxygens (including phenoxy) is 3. The zero-order valence-electron chi connectivity index (χ0n) is 11.1. The van der Waals surface area contributed by atoms with Crippen LogP contribution in [0.1, 0.15) is 34.6 Å². The summed E-state index contributed by atoms with van der Waals surface area (Å²) in [4.78, 5) is 18.1. The molecule has 1 heterocycles. The van der Waals surface area contributed by atoms with E-state index in [2.05, 4.69) is 0 Å². The summed E-state index contributed by atoms with van der Waals surface area (Å²) in [5.41, 5.74) is 0. The number of allylic oxidation sites excluding steroid dienone is 2. The fraction of sp³-hybridized carbons (Fsp3) is 0.667. The third-order valence-corrected chi connectivity index (χ3v) is 1.42. The lowest BCUT2D eigenvalue weighted by molar-refractivity contribution is -0.367. The van der Waals surface area contributed by atoms with Crippen molar-refractivity contribution in [1.82, 2.24) is 0 Å². The largest absolute Gasteiger partial charge is 0.324 e. The van der Waals surface area contributed by atoms with E-state index in [0.717, 1.165) is 12.6 Å². The minimum Gasteiger partial charge on any atom is -0.324 e. The molecule has 0 bridgehead atoms. The lowest BCUT2D eigenvalue weighted by atomic mass is 10.6. The number of hydrogen-bond acceptors (Lipinski definition) is 5. The maximum atomic E-state index is 9.32. The predicted molar refractivity (Wildman–Crippen MR) is 64.3 cm³/mol.